The lowest BCUT2D eigenvalue weighted by Gasteiger charge is -2.06. The standard InChI is InChI=1S/C10H13NO/c1-6-4-9(11)5-7(2)10(6)8(3)12/h4-5H,11H2,1-3H3. The molecule has 0 aliphatic carbocycles. The van der Waals surface area contributed by atoms with Crippen LogP contribution in [0.4, 0.5) is 5.69 Å². The van der Waals surface area contributed by atoms with Gasteiger partial charge in [-0.25, -0.2) is 0 Å². The van der Waals surface area contributed by atoms with Gasteiger partial charge in [0.1, 0.15) is 0 Å². The Hall–Kier alpha value is -1.31. The first-order valence-electron chi connectivity index (χ1n) is 3.90. The molecule has 0 aliphatic rings. The molecule has 1 rings (SSSR count). The van der Waals surface area contributed by atoms with Crippen LogP contribution in [0.1, 0.15) is 28.4 Å². The van der Waals surface area contributed by atoms with Crippen LogP contribution in [0.3, 0.4) is 0 Å². The topological polar surface area (TPSA) is 43.1 Å². The Labute approximate surface area is 72.4 Å². The highest BCUT2D eigenvalue weighted by atomic mass is 16.1. The first-order chi connectivity index (χ1) is 5.52. The second kappa shape index (κ2) is 2.97. The van der Waals surface area contributed by atoms with Crippen LogP contribution in [0.15, 0.2) is 12.1 Å². The van der Waals surface area contributed by atoms with Crippen LogP contribution in [0, 0.1) is 13.8 Å². The quantitative estimate of drug-likeness (QED) is 0.509. The van der Waals surface area contributed by atoms with Crippen molar-refractivity contribution in [1.29, 1.82) is 0 Å². The molecule has 0 radical (unpaired) electrons. The molecule has 0 bridgehead atoms. The van der Waals surface area contributed by atoms with E-state index in [1.165, 1.54) is 0 Å². The molecule has 2 heteroatoms. The van der Waals surface area contributed by atoms with Gasteiger partial charge in [-0.2, -0.15) is 0 Å². The van der Waals surface area contributed by atoms with Gasteiger partial charge < -0.3 is 5.73 Å². The van der Waals surface area contributed by atoms with Gasteiger partial charge in [0.05, 0.1) is 0 Å². The lowest BCUT2D eigenvalue weighted by atomic mass is 9.99. The molecule has 0 unspecified atom stereocenters. The minimum atomic E-state index is 0.102. The van der Waals surface area contributed by atoms with Crippen molar-refractivity contribution in [3.05, 3.63) is 28.8 Å². The predicted octanol–water partition coefficient (Wildman–Crippen LogP) is 2.09. The first kappa shape index (κ1) is 8.78. The van der Waals surface area contributed by atoms with E-state index in [1.54, 1.807) is 6.92 Å². The Morgan fingerprint density at radius 2 is 1.67 bits per heavy atom. The van der Waals surface area contributed by atoms with Gasteiger partial charge in [-0.3, -0.25) is 4.79 Å². The number of hydrogen-bond acceptors (Lipinski definition) is 2. The van der Waals surface area contributed by atoms with E-state index in [4.69, 9.17) is 5.73 Å². The highest BCUT2D eigenvalue weighted by Gasteiger charge is 2.07. The van der Waals surface area contributed by atoms with Crippen molar-refractivity contribution in [1.82, 2.24) is 0 Å². The number of Topliss-reactive ketones (excluding diaryl/α,β-unsaturated/α-hetero) is 1. The van der Waals surface area contributed by atoms with Gasteiger partial charge in [-0.05, 0) is 44.0 Å². The molecule has 0 heterocycles. The summed E-state index contributed by atoms with van der Waals surface area (Å²) in [4.78, 5) is 11.2. The Bertz CT molecular complexity index is 306. The normalized spacial score (nSPS) is 9.92. The molecule has 1 aromatic carbocycles. The number of hydrogen-bond donors (Lipinski definition) is 1. The van der Waals surface area contributed by atoms with Gasteiger partial charge in [-0.1, -0.05) is 0 Å². The maximum absolute atomic E-state index is 11.2. The Kier molecular flexibility index (Phi) is 2.18. The zero-order valence-corrected chi connectivity index (χ0v) is 7.64. The lowest BCUT2D eigenvalue weighted by molar-refractivity contribution is 0.101. The van der Waals surface area contributed by atoms with Gasteiger partial charge in [-0.15, -0.1) is 0 Å². The van der Waals surface area contributed by atoms with E-state index < -0.39 is 0 Å². The van der Waals surface area contributed by atoms with Crippen LogP contribution in [0.25, 0.3) is 0 Å². The average molecular weight is 163 g/mol. The van der Waals surface area contributed by atoms with E-state index in [9.17, 15) is 4.79 Å². The fourth-order valence-electron chi connectivity index (χ4n) is 1.55. The molecule has 0 amide bonds. The zero-order chi connectivity index (χ0) is 9.30. The number of benzene rings is 1. The van der Waals surface area contributed by atoms with Gasteiger partial charge >= 0.3 is 0 Å². The fraction of sp³-hybridized carbons (Fsp3) is 0.300. The number of carbonyl (C=O) groups excluding carboxylic acids is 1. The van der Waals surface area contributed by atoms with Crippen molar-refractivity contribution in [2.45, 2.75) is 20.8 Å². The fourth-order valence-corrected chi connectivity index (χ4v) is 1.55. The first-order valence-corrected chi connectivity index (χ1v) is 3.90. The van der Waals surface area contributed by atoms with Gasteiger partial charge in [0, 0.05) is 11.3 Å². The molecule has 1 aromatic rings. The van der Waals surface area contributed by atoms with Crippen molar-refractivity contribution in [2.75, 3.05) is 5.73 Å². The van der Waals surface area contributed by atoms with Crippen molar-refractivity contribution < 1.29 is 4.79 Å². The summed E-state index contributed by atoms with van der Waals surface area (Å²) in [5.41, 5.74) is 9.05. The summed E-state index contributed by atoms with van der Waals surface area (Å²) < 4.78 is 0. The van der Waals surface area contributed by atoms with Crippen LogP contribution in [-0.4, -0.2) is 5.78 Å². The van der Waals surface area contributed by atoms with Crippen LogP contribution in [0.2, 0.25) is 0 Å². The molecule has 0 aliphatic heterocycles. The molecule has 2 N–H and O–H groups in total. The van der Waals surface area contributed by atoms with Gasteiger partial charge in [0.2, 0.25) is 0 Å². The average Bonchev–Trinajstić information content (AvgIpc) is 1.82. The third kappa shape index (κ3) is 1.47. The van der Waals surface area contributed by atoms with Crippen molar-refractivity contribution in [3.8, 4) is 0 Å². The highest BCUT2D eigenvalue weighted by Crippen LogP contribution is 2.18. The molecular formula is C10H13NO. The molecule has 64 valence electrons. The number of rotatable bonds is 1. The van der Waals surface area contributed by atoms with Crippen LogP contribution >= 0.6 is 0 Å². The molecule has 0 saturated heterocycles. The Balaban J connectivity index is 3.38. The predicted molar refractivity (Wildman–Crippen MR) is 50.3 cm³/mol. The van der Waals surface area contributed by atoms with E-state index in [0.717, 1.165) is 22.4 Å². The highest BCUT2D eigenvalue weighted by molar-refractivity contribution is 5.97. The van der Waals surface area contributed by atoms with Crippen molar-refractivity contribution >= 4 is 11.5 Å². The zero-order valence-electron chi connectivity index (χ0n) is 7.64. The Morgan fingerprint density at radius 1 is 1.25 bits per heavy atom. The Morgan fingerprint density at radius 3 is 2.00 bits per heavy atom. The molecule has 0 atom stereocenters. The number of carbonyl (C=O) groups is 1. The molecular weight excluding hydrogens is 150 g/mol. The summed E-state index contributed by atoms with van der Waals surface area (Å²) in [6.45, 7) is 5.38. The maximum Gasteiger partial charge on any atom is 0.160 e. The monoisotopic (exact) mass is 163 g/mol. The summed E-state index contributed by atoms with van der Waals surface area (Å²) in [6, 6.07) is 3.65. The van der Waals surface area contributed by atoms with Crippen molar-refractivity contribution in [2.24, 2.45) is 0 Å². The molecule has 0 aromatic heterocycles. The molecule has 2 nitrogen and oxygen atoms in total. The minimum absolute atomic E-state index is 0.102. The smallest absolute Gasteiger partial charge is 0.160 e. The van der Waals surface area contributed by atoms with Gasteiger partial charge in [0.15, 0.2) is 5.78 Å². The van der Waals surface area contributed by atoms with Crippen LogP contribution in [-0.2, 0) is 0 Å². The van der Waals surface area contributed by atoms with Crippen molar-refractivity contribution in [3.63, 3.8) is 0 Å². The molecule has 0 saturated carbocycles. The number of aryl methyl sites for hydroxylation is 2. The minimum Gasteiger partial charge on any atom is -0.399 e. The van der Waals surface area contributed by atoms with Crippen LogP contribution in [0.5, 0.6) is 0 Å². The van der Waals surface area contributed by atoms with E-state index in [1.807, 2.05) is 26.0 Å². The summed E-state index contributed by atoms with van der Waals surface area (Å²) in [6.07, 6.45) is 0. The summed E-state index contributed by atoms with van der Waals surface area (Å²) in [5.74, 6) is 0.102. The summed E-state index contributed by atoms with van der Waals surface area (Å²) in [5, 5.41) is 0. The van der Waals surface area contributed by atoms with Gasteiger partial charge in [0.25, 0.3) is 0 Å². The number of nitrogen functional groups attached to an aromatic ring is 1. The summed E-state index contributed by atoms with van der Waals surface area (Å²) in [7, 11) is 0. The summed E-state index contributed by atoms with van der Waals surface area (Å²) >= 11 is 0. The van der Waals surface area contributed by atoms with Crippen LogP contribution < -0.4 is 5.73 Å². The SMILES string of the molecule is CC(=O)c1c(C)cc(N)cc1C. The number of anilines is 1. The van der Waals surface area contributed by atoms with E-state index in [2.05, 4.69) is 0 Å². The van der Waals surface area contributed by atoms with E-state index >= 15 is 0 Å². The van der Waals surface area contributed by atoms with E-state index in [0.29, 0.717) is 0 Å². The molecule has 0 fully saturated rings. The van der Waals surface area contributed by atoms with E-state index in [-0.39, 0.29) is 5.78 Å². The lowest BCUT2D eigenvalue weighted by Crippen LogP contribution is -2.01. The maximum atomic E-state index is 11.2. The second-order valence-corrected chi connectivity index (χ2v) is 3.09. The molecule has 0 spiro atoms. The second-order valence-electron chi connectivity index (χ2n) is 3.09. The largest absolute Gasteiger partial charge is 0.399 e. The number of ketones is 1. The third-order valence-corrected chi connectivity index (χ3v) is 1.91. The molecule has 12 heavy (non-hydrogen) atoms. The third-order valence-electron chi connectivity index (χ3n) is 1.91. The number of nitrogens with two attached hydrogens (primary N) is 1.